The maximum atomic E-state index is 12.3. The van der Waals surface area contributed by atoms with Gasteiger partial charge in [0.15, 0.2) is 5.78 Å². The zero-order valence-corrected chi connectivity index (χ0v) is 13.1. The fraction of sp³-hybridized carbons (Fsp3) is 0.0625. The average Bonchev–Trinajstić information content (AvgIpc) is 2.84. The fourth-order valence-corrected chi connectivity index (χ4v) is 2.67. The minimum atomic E-state index is -0.0361. The molecule has 0 aliphatic heterocycles. The highest BCUT2D eigenvalue weighted by molar-refractivity contribution is 6.42. The summed E-state index contributed by atoms with van der Waals surface area (Å²) in [5.41, 5.74) is 1.46. The molecule has 0 saturated heterocycles. The van der Waals surface area contributed by atoms with Crippen molar-refractivity contribution in [2.75, 3.05) is 0 Å². The maximum Gasteiger partial charge on any atom is 0.182 e. The Morgan fingerprint density at radius 2 is 1.76 bits per heavy atom. The summed E-state index contributed by atoms with van der Waals surface area (Å²) in [5, 5.41) is 2.50. The van der Waals surface area contributed by atoms with Gasteiger partial charge >= 0.3 is 0 Å². The van der Waals surface area contributed by atoms with E-state index in [9.17, 15) is 4.79 Å². The van der Waals surface area contributed by atoms with Crippen molar-refractivity contribution in [3.63, 3.8) is 0 Å². The molecule has 0 atom stereocenters. The first-order chi connectivity index (χ1) is 10.0. The van der Waals surface area contributed by atoms with Crippen LogP contribution in [0.5, 0.6) is 0 Å². The minimum Gasteiger partial charge on any atom is -0.340 e. The number of hydrogen-bond acceptors (Lipinski definition) is 1. The SMILES string of the molecule is O=C(Cn1ccc2ccc(Cl)cc21)c1ccc(Cl)c(Cl)c1. The van der Waals surface area contributed by atoms with Gasteiger partial charge in [-0.05, 0) is 41.8 Å². The second-order valence-corrected chi connectivity index (χ2v) is 5.95. The molecular weight excluding hydrogens is 329 g/mol. The number of ketones is 1. The van der Waals surface area contributed by atoms with Gasteiger partial charge in [0.2, 0.25) is 0 Å². The van der Waals surface area contributed by atoms with E-state index in [1.54, 1.807) is 18.2 Å². The molecule has 1 aromatic heterocycles. The Balaban J connectivity index is 1.92. The molecule has 0 amide bonds. The van der Waals surface area contributed by atoms with E-state index in [0.717, 1.165) is 10.9 Å². The predicted octanol–water partition coefficient (Wildman–Crippen LogP) is 5.48. The minimum absolute atomic E-state index is 0.0361. The van der Waals surface area contributed by atoms with Crippen molar-refractivity contribution < 1.29 is 4.79 Å². The van der Waals surface area contributed by atoms with E-state index in [4.69, 9.17) is 34.8 Å². The summed E-state index contributed by atoms with van der Waals surface area (Å²) < 4.78 is 1.87. The number of fused-ring (bicyclic) bond motifs is 1. The number of Topliss-reactive ketones (excluding diaryl/α,β-unsaturated/α-hetero) is 1. The highest BCUT2D eigenvalue weighted by atomic mass is 35.5. The second-order valence-electron chi connectivity index (χ2n) is 4.70. The van der Waals surface area contributed by atoms with E-state index in [1.807, 2.05) is 35.0 Å². The van der Waals surface area contributed by atoms with Crippen LogP contribution in [0.25, 0.3) is 10.9 Å². The number of nitrogens with zero attached hydrogens (tertiary/aromatic N) is 1. The zero-order valence-electron chi connectivity index (χ0n) is 10.8. The molecule has 1 heterocycles. The van der Waals surface area contributed by atoms with Gasteiger partial charge in [0.25, 0.3) is 0 Å². The number of hydrogen-bond donors (Lipinski definition) is 0. The van der Waals surface area contributed by atoms with Crippen LogP contribution in [0.3, 0.4) is 0 Å². The van der Waals surface area contributed by atoms with Crippen LogP contribution in [0.4, 0.5) is 0 Å². The summed E-state index contributed by atoms with van der Waals surface area (Å²) in [6.07, 6.45) is 1.87. The number of carbonyl (C=O) groups excluding carboxylic acids is 1. The number of rotatable bonds is 3. The van der Waals surface area contributed by atoms with Crippen molar-refractivity contribution in [3.05, 3.63) is 69.3 Å². The molecule has 21 heavy (non-hydrogen) atoms. The van der Waals surface area contributed by atoms with Gasteiger partial charge in [-0.2, -0.15) is 0 Å². The van der Waals surface area contributed by atoms with Crippen molar-refractivity contribution in [1.82, 2.24) is 4.57 Å². The van der Waals surface area contributed by atoms with Crippen LogP contribution >= 0.6 is 34.8 Å². The third-order valence-electron chi connectivity index (χ3n) is 3.29. The van der Waals surface area contributed by atoms with Crippen molar-refractivity contribution in [2.24, 2.45) is 0 Å². The lowest BCUT2D eigenvalue weighted by Gasteiger charge is -2.06. The summed E-state index contributed by atoms with van der Waals surface area (Å²) in [7, 11) is 0. The highest BCUT2D eigenvalue weighted by Crippen LogP contribution is 2.24. The van der Waals surface area contributed by atoms with E-state index in [-0.39, 0.29) is 12.3 Å². The van der Waals surface area contributed by atoms with Crippen molar-refractivity contribution in [2.45, 2.75) is 6.54 Å². The second kappa shape index (κ2) is 5.72. The molecule has 0 N–H and O–H groups in total. The van der Waals surface area contributed by atoms with Gasteiger partial charge in [0.1, 0.15) is 0 Å². The first-order valence-corrected chi connectivity index (χ1v) is 7.40. The molecule has 0 fully saturated rings. The highest BCUT2D eigenvalue weighted by Gasteiger charge is 2.11. The van der Waals surface area contributed by atoms with Crippen molar-refractivity contribution >= 4 is 51.5 Å². The fourth-order valence-electron chi connectivity index (χ4n) is 2.21. The van der Waals surface area contributed by atoms with Gasteiger partial charge in [-0.1, -0.05) is 40.9 Å². The molecule has 3 rings (SSSR count). The first kappa shape index (κ1) is 14.5. The van der Waals surface area contributed by atoms with Gasteiger partial charge < -0.3 is 4.57 Å². The number of aromatic nitrogens is 1. The molecule has 2 aromatic carbocycles. The lowest BCUT2D eigenvalue weighted by Crippen LogP contribution is -2.09. The van der Waals surface area contributed by atoms with Crippen LogP contribution in [0, 0.1) is 0 Å². The van der Waals surface area contributed by atoms with Crippen molar-refractivity contribution in [1.29, 1.82) is 0 Å². The molecule has 0 aliphatic carbocycles. The molecule has 5 heteroatoms. The summed E-state index contributed by atoms with van der Waals surface area (Å²) in [4.78, 5) is 12.3. The van der Waals surface area contributed by atoms with Gasteiger partial charge in [-0.3, -0.25) is 4.79 Å². The zero-order chi connectivity index (χ0) is 15.0. The molecule has 2 nitrogen and oxygen atoms in total. The molecule has 0 saturated carbocycles. The van der Waals surface area contributed by atoms with Gasteiger partial charge in [0, 0.05) is 22.3 Å². The third kappa shape index (κ3) is 2.93. The molecular formula is C16H10Cl3NO. The number of benzene rings is 2. The Hall–Kier alpha value is -1.48. The quantitative estimate of drug-likeness (QED) is 0.579. The molecule has 0 unspecified atom stereocenters. The van der Waals surface area contributed by atoms with E-state index in [2.05, 4.69) is 0 Å². The smallest absolute Gasteiger partial charge is 0.182 e. The van der Waals surface area contributed by atoms with E-state index in [1.165, 1.54) is 0 Å². The Morgan fingerprint density at radius 3 is 2.52 bits per heavy atom. The molecule has 3 aromatic rings. The molecule has 0 bridgehead atoms. The van der Waals surface area contributed by atoms with E-state index >= 15 is 0 Å². The molecule has 0 spiro atoms. The van der Waals surface area contributed by atoms with E-state index < -0.39 is 0 Å². The lowest BCUT2D eigenvalue weighted by molar-refractivity contribution is 0.0973. The summed E-state index contributed by atoms with van der Waals surface area (Å²) in [6, 6.07) is 12.4. The normalized spacial score (nSPS) is 11.0. The van der Waals surface area contributed by atoms with E-state index in [0.29, 0.717) is 20.6 Å². The van der Waals surface area contributed by atoms with Crippen LogP contribution in [-0.2, 0) is 6.54 Å². The summed E-state index contributed by atoms with van der Waals surface area (Å²) in [5.74, 6) is -0.0361. The number of halogens is 3. The van der Waals surface area contributed by atoms with Crippen LogP contribution in [0.15, 0.2) is 48.7 Å². The average molecular weight is 339 g/mol. The van der Waals surface area contributed by atoms with Gasteiger partial charge in [0.05, 0.1) is 16.6 Å². The Kier molecular flexibility index (Phi) is 3.94. The van der Waals surface area contributed by atoms with Crippen LogP contribution in [-0.4, -0.2) is 10.4 Å². The first-order valence-electron chi connectivity index (χ1n) is 6.27. The molecule has 106 valence electrons. The van der Waals surface area contributed by atoms with Gasteiger partial charge in [-0.25, -0.2) is 0 Å². The topological polar surface area (TPSA) is 22.0 Å². The Morgan fingerprint density at radius 1 is 0.952 bits per heavy atom. The summed E-state index contributed by atoms with van der Waals surface area (Å²) >= 11 is 17.8. The molecule has 0 aliphatic rings. The Bertz CT molecular complexity index is 839. The monoisotopic (exact) mass is 337 g/mol. The van der Waals surface area contributed by atoms with Crippen molar-refractivity contribution in [3.8, 4) is 0 Å². The largest absolute Gasteiger partial charge is 0.340 e. The number of carbonyl (C=O) groups is 1. The van der Waals surface area contributed by atoms with Crippen LogP contribution < -0.4 is 0 Å². The lowest BCUT2D eigenvalue weighted by atomic mass is 10.1. The predicted molar refractivity (Wildman–Crippen MR) is 87.7 cm³/mol. The standard InChI is InChI=1S/C16H10Cl3NO/c17-12-3-1-10-5-6-20(15(10)8-12)9-16(21)11-2-4-13(18)14(19)7-11/h1-8H,9H2. The van der Waals surface area contributed by atoms with Crippen LogP contribution in [0.2, 0.25) is 15.1 Å². The summed E-state index contributed by atoms with van der Waals surface area (Å²) in [6.45, 7) is 0.224. The van der Waals surface area contributed by atoms with Crippen LogP contribution in [0.1, 0.15) is 10.4 Å². The van der Waals surface area contributed by atoms with Gasteiger partial charge in [-0.15, -0.1) is 0 Å². The Labute approximate surface area is 136 Å². The third-order valence-corrected chi connectivity index (χ3v) is 4.27. The maximum absolute atomic E-state index is 12.3. The molecule has 0 radical (unpaired) electrons.